The van der Waals surface area contributed by atoms with Gasteiger partial charge in [-0.3, -0.25) is 19.7 Å². The molecule has 0 saturated carbocycles. The molecular weight excluding hydrogens is 426 g/mol. The van der Waals surface area contributed by atoms with Gasteiger partial charge in [0.2, 0.25) is 5.95 Å². The van der Waals surface area contributed by atoms with Gasteiger partial charge in [-0.25, -0.2) is 4.98 Å². The highest BCUT2D eigenvalue weighted by Crippen LogP contribution is 2.19. The van der Waals surface area contributed by atoms with Gasteiger partial charge < -0.3 is 5.32 Å². The predicted molar refractivity (Wildman–Crippen MR) is 113 cm³/mol. The molecule has 0 aliphatic carbocycles. The molecule has 140 valence electrons. The highest BCUT2D eigenvalue weighted by molar-refractivity contribution is 9.10. The highest BCUT2D eigenvalue weighted by Gasteiger charge is 2.04. The van der Waals surface area contributed by atoms with Gasteiger partial charge in [-0.05, 0) is 57.9 Å². The van der Waals surface area contributed by atoms with Gasteiger partial charge in [0.25, 0.3) is 5.56 Å². The number of nitrogens with zero attached hydrogens (tertiary/aromatic N) is 3. The van der Waals surface area contributed by atoms with E-state index in [1.54, 1.807) is 18.6 Å². The van der Waals surface area contributed by atoms with Crippen molar-refractivity contribution in [2.24, 2.45) is 0 Å². The van der Waals surface area contributed by atoms with Crippen LogP contribution >= 0.6 is 27.7 Å². The van der Waals surface area contributed by atoms with Gasteiger partial charge in [-0.2, -0.15) is 11.8 Å². The molecule has 0 aromatic carbocycles. The molecule has 0 radical (unpaired) electrons. The Bertz CT molecular complexity index is 919. The van der Waals surface area contributed by atoms with Gasteiger partial charge in [-0.15, -0.1) is 0 Å². The van der Waals surface area contributed by atoms with Crippen LogP contribution in [0.4, 0.5) is 5.95 Å². The summed E-state index contributed by atoms with van der Waals surface area (Å²) in [6.07, 6.45) is 8.40. The van der Waals surface area contributed by atoms with E-state index < -0.39 is 0 Å². The summed E-state index contributed by atoms with van der Waals surface area (Å²) in [5, 5.41) is 3.17. The molecule has 0 unspecified atom stereocenters. The second-order valence-electron chi connectivity index (χ2n) is 5.88. The van der Waals surface area contributed by atoms with Crippen LogP contribution < -0.4 is 10.9 Å². The number of halogens is 1. The molecule has 3 aromatic heterocycles. The number of H-pyrrole nitrogens is 1. The Balaban J connectivity index is 1.40. The molecule has 0 aliphatic heterocycles. The Morgan fingerprint density at radius 3 is 2.78 bits per heavy atom. The van der Waals surface area contributed by atoms with Crippen molar-refractivity contribution in [3.8, 4) is 0 Å². The van der Waals surface area contributed by atoms with E-state index in [0.29, 0.717) is 17.9 Å². The van der Waals surface area contributed by atoms with E-state index in [4.69, 9.17) is 0 Å². The topological polar surface area (TPSA) is 83.6 Å². The maximum Gasteiger partial charge on any atom is 0.255 e. The van der Waals surface area contributed by atoms with Crippen LogP contribution in [0.2, 0.25) is 0 Å². The highest BCUT2D eigenvalue weighted by atomic mass is 79.9. The van der Waals surface area contributed by atoms with Crippen molar-refractivity contribution in [1.29, 1.82) is 0 Å². The molecule has 0 spiro atoms. The lowest BCUT2D eigenvalue weighted by molar-refractivity contribution is 0.942. The monoisotopic (exact) mass is 445 g/mol. The summed E-state index contributed by atoms with van der Waals surface area (Å²) in [4.78, 5) is 27.6. The molecule has 8 heteroatoms. The Labute approximate surface area is 170 Å². The predicted octanol–water partition coefficient (Wildman–Crippen LogP) is 3.65. The quantitative estimate of drug-likeness (QED) is 0.489. The number of aromatic amines is 1. The minimum absolute atomic E-state index is 0.112. The zero-order valence-electron chi connectivity index (χ0n) is 14.7. The van der Waals surface area contributed by atoms with E-state index in [1.165, 1.54) is 0 Å². The van der Waals surface area contributed by atoms with E-state index in [9.17, 15) is 4.79 Å². The van der Waals surface area contributed by atoms with E-state index in [-0.39, 0.29) is 5.56 Å². The van der Waals surface area contributed by atoms with Crippen LogP contribution in [0.5, 0.6) is 0 Å². The summed E-state index contributed by atoms with van der Waals surface area (Å²) in [7, 11) is 0. The third-order valence-corrected chi connectivity index (χ3v) is 5.63. The van der Waals surface area contributed by atoms with Gasteiger partial charge >= 0.3 is 0 Å². The molecule has 6 nitrogen and oxygen atoms in total. The molecule has 3 aromatic rings. The molecule has 0 amide bonds. The number of aromatic nitrogens is 4. The molecule has 27 heavy (non-hydrogen) atoms. The number of hydrogen-bond donors (Lipinski definition) is 2. The first kappa shape index (κ1) is 19.6. The van der Waals surface area contributed by atoms with E-state index in [1.807, 2.05) is 42.2 Å². The third-order valence-electron chi connectivity index (χ3n) is 3.85. The van der Waals surface area contributed by atoms with Crippen LogP contribution in [0.15, 0.2) is 58.3 Å². The van der Waals surface area contributed by atoms with Crippen LogP contribution in [0.3, 0.4) is 0 Å². The van der Waals surface area contributed by atoms with Crippen LogP contribution in [0, 0.1) is 0 Å². The smallest absolute Gasteiger partial charge is 0.255 e. The number of thioether (sulfide) groups is 1. The van der Waals surface area contributed by atoms with Crippen molar-refractivity contribution in [2.75, 3.05) is 17.6 Å². The molecule has 0 atom stereocenters. The Kier molecular flexibility index (Phi) is 7.41. The fraction of sp³-hybridized carbons (Fsp3) is 0.263. The molecule has 0 bridgehead atoms. The number of anilines is 1. The summed E-state index contributed by atoms with van der Waals surface area (Å²) < 4.78 is 1.05. The fourth-order valence-electron chi connectivity index (χ4n) is 2.43. The number of hydrogen-bond acceptors (Lipinski definition) is 6. The molecule has 2 N–H and O–H groups in total. The average molecular weight is 446 g/mol. The largest absolute Gasteiger partial charge is 0.356 e. The van der Waals surface area contributed by atoms with Gasteiger partial charge in [0.1, 0.15) is 0 Å². The van der Waals surface area contributed by atoms with Crippen molar-refractivity contribution >= 4 is 33.6 Å². The summed E-state index contributed by atoms with van der Waals surface area (Å²) in [5.41, 5.74) is 2.63. The minimum Gasteiger partial charge on any atom is -0.356 e. The normalized spacial score (nSPS) is 10.7. The number of rotatable bonds is 9. The lowest BCUT2D eigenvalue weighted by Gasteiger charge is -2.07. The van der Waals surface area contributed by atoms with Crippen molar-refractivity contribution in [1.82, 2.24) is 19.9 Å². The fourth-order valence-corrected chi connectivity index (χ4v) is 3.93. The van der Waals surface area contributed by atoms with Gasteiger partial charge in [0.05, 0.1) is 5.69 Å². The second-order valence-corrected chi connectivity index (χ2v) is 7.84. The maximum absolute atomic E-state index is 12.2. The molecule has 3 rings (SSSR count). The second kappa shape index (κ2) is 10.2. The van der Waals surface area contributed by atoms with Crippen LogP contribution in [0.25, 0.3) is 0 Å². The third kappa shape index (κ3) is 6.18. The first-order valence-electron chi connectivity index (χ1n) is 8.60. The van der Waals surface area contributed by atoms with Crippen molar-refractivity contribution in [2.45, 2.75) is 18.6 Å². The average Bonchev–Trinajstić information content (AvgIpc) is 2.69. The first-order valence-corrected chi connectivity index (χ1v) is 10.6. The van der Waals surface area contributed by atoms with Crippen molar-refractivity contribution in [3.63, 3.8) is 0 Å². The van der Waals surface area contributed by atoms with E-state index in [0.717, 1.165) is 40.2 Å². The van der Waals surface area contributed by atoms with Gasteiger partial charge in [0, 0.05) is 53.5 Å². The van der Waals surface area contributed by atoms with Crippen molar-refractivity contribution in [3.05, 3.63) is 80.7 Å². The zero-order chi connectivity index (χ0) is 18.9. The molecule has 0 aliphatic rings. The van der Waals surface area contributed by atoms with Crippen LogP contribution in [-0.2, 0) is 12.2 Å². The standard InChI is InChI=1S/C19H20BrN5OS/c20-16-3-1-6-22-17(16)13-27-10-2-7-23-19-24-12-15(18(26)25-19)11-14-4-8-21-9-5-14/h1,3-6,8-9,12H,2,7,10-11,13H2,(H2,23,24,25,26). The Hall–Kier alpha value is -2.19. The summed E-state index contributed by atoms with van der Waals surface area (Å²) >= 11 is 5.34. The lowest BCUT2D eigenvalue weighted by Crippen LogP contribution is -2.17. The minimum atomic E-state index is -0.112. The Morgan fingerprint density at radius 2 is 2.00 bits per heavy atom. The number of nitrogens with one attached hydrogen (secondary N) is 2. The van der Waals surface area contributed by atoms with Gasteiger partial charge in [-0.1, -0.05) is 0 Å². The number of pyridine rings is 2. The van der Waals surface area contributed by atoms with Gasteiger partial charge in [0.15, 0.2) is 0 Å². The lowest BCUT2D eigenvalue weighted by atomic mass is 10.1. The molecule has 0 fully saturated rings. The SMILES string of the molecule is O=c1[nH]c(NCCCSCc2ncccc2Br)ncc1Cc1ccncc1. The molecular formula is C19H20BrN5OS. The molecule has 0 saturated heterocycles. The summed E-state index contributed by atoms with van der Waals surface area (Å²) in [6, 6.07) is 7.71. The summed E-state index contributed by atoms with van der Waals surface area (Å²) in [6.45, 7) is 0.753. The Morgan fingerprint density at radius 1 is 1.15 bits per heavy atom. The first-order chi connectivity index (χ1) is 13.2. The van der Waals surface area contributed by atoms with Crippen LogP contribution in [-0.4, -0.2) is 32.2 Å². The van der Waals surface area contributed by atoms with Crippen molar-refractivity contribution < 1.29 is 0 Å². The summed E-state index contributed by atoms with van der Waals surface area (Å²) in [5.74, 6) is 2.39. The van der Waals surface area contributed by atoms with E-state index in [2.05, 4.69) is 41.2 Å². The van der Waals surface area contributed by atoms with E-state index >= 15 is 0 Å². The molecule has 3 heterocycles. The maximum atomic E-state index is 12.2. The van der Waals surface area contributed by atoms with Crippen LogP contribution in [0.1, 0.15) is 23.2 Å². The zero-order valence-corrected chi connectivity index (χ0v) is 17.1.